The van der Waals surface area contributed by atoms with Gasteiger partial charge < -0.3 is 19.6 Å². The summed E-state index contributed by atoms with van der Waals surface area (Å²) >= 11 is 0. The smallest absolute Gasteiger partial charge is 0.368 e. The van der Waals surface area contributed by atoms with Crippen LogP contribution in [0, 0.1) is 5.92 Å². The molecule has 1 aliphatic carbocycles. The topological polar surface area (TPSA) is 47.1 Å². The summed E-state index contributed by atoms with van der Waals surface area (Å²) in [5, 5.41) is 0. The van der Waals surface area contributed by atoms with Crippen LogP contribution in [0.25, 0.3) is 0 Å². The lowest BCUT2D eigenvalue weighted by atomic mass is 9.92. The van der Waals surface area contributed by atoms with Gasteiger partial charge in [-0.15, -0.1) is 0 Å². The average Bonchev–Trinajstić information content (AvgIpc) is 2.91. The van der Waals surface area contributed by atoms with E-state index >= 15 is 0 Å². The SMILES string of the molecule is O=CN(CCCC1CCCN(C(=O)N2CCN(c3cccc(C(F)(F)F)c3)CC2)C1)C1CCCCC1. The molecule has 0 aromatic heterocycles. The maximum Gasteiger partial charge on any atom is 0.416 e. The van der Waals surface area contributed by atoms with Crippen molar-refractivity contribution in [3.05, 3.63) is 29.8 Å². The number of amides is 3. The molecular weight excluding hydrogens is 469 g/mol. The van der Waals surface area contributed by atoms with Crippen LogP contribution in [0.4, 0.5) is 23.7 Å². The molecule has 3 fully saturated rings. The summed E-state index contributed by atoms with van der Waals surface area (Å²) in [6.45, 7) is 4.36. The van der Waals surface area contributed by atoms with Gasteiger partial charge in [0.25, 0.3) is 0 Å². The second-order valence-corrected chi connectivity index (χ2v) is 10.5. The third kappa shape index (κ3) is 6.85. The van der Waals surface area contributed by atoms with Crippen LogP contribution in [-0.2, 0) is 11.0 Å². The molecular formula is C27H39F3N4O2. The molecule has 1 aromatic rings. The molecule has 2 saturated heterocycles. The van der Waals surface area contributed by atoms with Crippen molar-refractivity contribution in [2.45, 2.75) is 70.0 Å². The Kier molecular flexibility index (Phi) is 9.01. The van der Waals surface area contributed by atoms with E-state index in [1.165, 1.54) is 31.4 Å². The van der Waals surface area contributed by atoms with Crippen molar-refractivity contribution >= 4 is 18.1 Å². The lowest BCUT2D eigenvalue weighted by Gasteiger charge is -2.41. The van der Waals surface area contributed by atoms with Crippen LogP contribution in [0.3, 0.4) is 0 Å². The molecule has 3 amide bonds. The van der Waals surface area contributed by atoms with Gasteiger partial charge in [-0.05, 0) is 62.6 Å². The maximum atomic E-state index is 13.2. The highest BCUT2D eigenvalue weighted by Gasteiger charge is 2.32. The first-order chi connectivity index (χ1) is 17.3. The van der Waals surface area contributed by atoms with Crippen LogP contribution in [0.5, 0.6) is 0 Å². The number of nitrogens with zero attached hydrogens (tertiary/aromatic N) is 4. The number of benzene rings is 1. The van der Waals surface area contributed by atoms with Crippen LogP contribution < -0.4 is 4.90 Å². The Morgan fingerprint density at radius 3 is 2.42 bits per heavy atom. The highest BCUT2D eigenvalue weighted by molar-refractivity contribution is 5.75. The van der Waals surface area contributed by atoms with Gasteiger partial charge in [0, 0.05) is 57.5 Å². The van der Waals surface area contributed by atoms with Gasteiger partial charge in [-0.25, -0.2) is 4.79 Å². The number of piperazine rings is 1. The Labute approximate surface area is 212 Å². The Morgan fingerprint density at radius 2 is 1.72 bits per heavy atom. The molecule has 9 heteroatoms. The van der Waals surface area contributed by atoms with Gasteiger partial charge >= 0.3 is 12.2 Å². The van der Waals surface area contributed by atoms with Gasteiger partial charge in [-0.1, -0.05) is 25.3 Å². The molecule has 0 radical (unpaired) electrons. The lowest BCUT2D eigenvalue weighted by Crippen LogP contribution is -2.54. The van der Waals surface area contributed by atoms with Gasteiger partial charge in [0.15, 0.2) is 0 Å². The number of hydrogen-bond acceptors (Lipinski definition) is 3. The van der Waals surface area contributed by atoms with E-state index in [0.717, 1.165) is 70.6 Å². The minimum absolute atomic E-state index is 0.0418. The summed E-state index contributed by atoms with van der Waals surface area (Å²) in [6.07, 6.45) is 6.67. The van der Waals surface area contributed by atoms with E-state index in [0.29, 0.717) is 43.8 Å². The Hall–Kier alpha value is -2.45. The molecule has 36 heavy (non-hydrogen) atoms. The highest BCUT2D eigenvalue weighted by Crippen LogP contribution is 2.32. The number of likely N-dealkylation sites (tertiary alicyclic amines) is 1. The molecule has 0 spiro atoms. The van der Waals surface area contributed by atoms with Crippen molar-refractivity contribution in [2.75, 3.05) is 50.7 Å². The number of hydrogen-bond donors (Lipinski definition) is 0. The summed E-state index contributed by atoms with van der Waals surface area (Å²) in [5.74, 6) is 0.453. The van der Waals surface area contributed by atoms with Gasteiger partial charge in [0.05, 0.1) is 5.56 Å². The fourth-order valence-corrected chi connectivity index (χ4v) is 6.01. The zero-order chi connectivity index (χ0) is 25.5. The Morgan fingerprint density at radius 1 is 0.972 bits per heavy atom. The molecule has 1 aromatic carbocycles. The van der Waals surface area contributed by atoms with E-state index in [9.17, 15) is 22.8 Å². The third-order valence-corrected chi connectivity index (χ3v) is 8.09. The third-order valence-electron chi connectivity index (χ3n) is 8.09. The van der Waals surface area contributed by atoms with Crippen LogP contribution in [-0.4, -0.2) is 79.0 Å². The van der Waals surface area contributed by atoms with Crippen molar-refractivity contribution in [3.63, 3.8) is 0 Å². The van der Waals surface area contributed by atoms with Crippen molar-refractivity contribution < 1.29 is 22.8 Å². The molecule has 3 aliphatic rings. The largest absolute Gasteiger partial charge is 0.416 e. The molecule has 1 unspecified atom stereocenters. The first-order valence-corrected chi connectivity index (χ1v) is 13.5. The number of piperidine rings is 1. The van der Waals surface area contributed by atoms with E-state index in [-0.39, 0.29) is 6.03 Å². The standard InChI is InChI=1S/C27H39F3N4O2/c28-27(29,30)23-9-4-12-25(19-23)31-15-17-32(18-16-31)26(36)33-13-5-7-22(20-33)8-6-14-34(21-35)24-10-2-1-3-11-24/h4,9,12,19,21-22,24H,1-3,5-8,10-11,13-18,20H2. The van der Waals surface area contributed by atoms with Gasteiger partial charge in [0.1, 0.15) is 0 Å². The first kappa shape index (κ1) is 26.6. The zero-order valence-corrected chi connectivity index (χ0v) is 21.1. The fraction of sp³-hybridized carbons (Fsp3) is 0.704. The van der Waals surface area contributed by atoms with Crippen molar-refractivity contribution in [1.29, 1.82) is 0 Å². The van der Waals surface area contributed by atoms with Crippen LogP contribution in [0.15, 0.2) is 24.3 Å². The quantitative estimate of drug-likeness (QED) is 0.474. The summed E-state index contributed by atoms with van der Waals surface area (Å²) in [7, 11) is 0. The molecule has 4 rings (SSSR count). The number of alkyl halides is 3. The minimum Gasteiger partial charge on any atom is -0.368 e. The summed E-state index contributed by atoms with van der Waals surface area (Å²) in [4.78, 5) is 32.5. The summed E-state index contributed by atoms with van der Waals surface area (Å²) < 4.78 is 39.2. The van der Waals surface area contributed by atoms with Gasteiger partial charge in [-0.3, -0.25) is 4.79 Å². The lowest BCUT2D eigenvalue weighted by molar-refractivity contribution is -0.137. The van der Waals surface area contributed by atoms with E-state index in [1.807, 2.05) is 19.6 Å². The summed E-state index contributed by atoms with van der Waals surface area (Å²) in [6, 6.07) is 5.85. The highest BCUT2D eigenvalue weighted by atomic mass is 19.4. The zero-order valence-electron chi connectivity index (χ0n) is 21.1. The molecule has 200 valence electrons. The van der Waals surface area contributed by atoms with Crippen molar-refractivity contribution in [1.82, 2.24) is 14.7 Å². The van der Waals surface area contributed by atoms with Gasteiger partial charge in [-0.2, -0.15) is 13.2 Å². The number of carbonyl (C=O) groups excluding carboxylic acids is 2. The van der Waals surface area contributed by atoms with E-state index < -0.39 is 11.7 Å². The monoisotopic (exact) mass is 508 g/mol. The molecule has 2 aliphatic heterocycles. The maximum absolute atomic E-state index is 13.2. The normalized spacial score (nSPS) is 22.0. The molecule has 6 nitrogen and oxygen atoms in total. The predicted octanol–water partition coefficient (Wildman–Crippen LogP) is 5.23. The second-order valence-electron chi connectivity index (χ2n) is 10.5. The van der Waals surface area contributed by atoms with E-state index in [2.05, 4.69) is 0 Å². The van der Waals surface area contributed by atoms with Crippen molar-refractivity contribution in [3.8, 4) is 0 Å². The van der Waals surface area contributed by atoms with E-state index in [1.54, 1.807) is 6.07 Å². The number of anilines is 1. The average molecular weight is 509 g/mol. The van der Waals surface area contributed by atoms with Crippen LogP contribution >= 0.6 is 0 Å². The predicted molar refractivity (Wildman–Crippen MR) is 134 cm³/mol. The molecule has 1 saturated carbocycles. The molecule has 2 heterocycles. The molecule has 0 bridgehead atoms. The number of rotatable bonds is 7. The minimum atomic E-state index is -4.36. The molecule has 0 N–H and O–H groups in total. The number of halogens is 3. The van der Waals surface area contributed by atoms with Crippen molar-refractivity contribution in [2.24, 2.45) is 5.92 Å². The Bertz CT molecular complexity index is 867. The van der Waals surface area contributed by atoms with Crippen LogP contribution in [0.2, 0.25) is 0 Å². The van der Waals surface area contributed by atoms with Gasteiger partial charge in [0.2, 0.25) is 6.41 Å². The van der Waals surface area contributed by atoms with E-state index in [4.69, 9.17) is 0 Å². The molecule has 1 atom stereocenters. The number of carbonyl (C=O) groups is 2. The van der Waals surface area contributed by atoms with Crippen LogP contribution in [0.1, 0.15) is 63.4 Å². The summed E-state index contributed by atoms with van der Waals surface area (Å²) in [5.41, 5.74) is -0.0968. The fourth-order valence-electron chi connectivity index (χ4n) is 6.01. The second kappa shape index (κ2) is 12.2. The number of urea groups is 1. The Balaban J connectivity index is 1.22. The first-order valence-electron chi connectivity index (χ1n) is 13.5.